The van der Waals surface area contributed by atoms with Crippen LogP contribution in [-0.4, -0.2) is 18.1 Å². The average Bonchev–Trinajstić information content (AvgIpc) is 2.93. The van der Waals surface area contributed by atoms with Crippen LogP contribution < -0.4 is 10.1 Å². The van der Waals surface area contributed by atoms with Gasteiger partial charge in [-0.1, -0.05) is 18.2 Å². The number of aliphatic hydroxyl groups excluding tert-OH is 1. The number of benzene rings is 2. The van der Waals surface area contributed by atoms with Gasteiger partial charge in [0.2, 0.25) is 0 Å². The Labute approximate surface area is 127 Å². The molecule has 5 heteroatoms. The predicted octanol–water partition coefficient (Wildman–Crippen LogP) is 3.19. The lowest BCUT2D eigenvalue weighted by atomic mass is 10.1. The van der Waals surface area contributed by atoms with Crippen molar-refractivity contribution in [2.45, 2.75) is 6.61 Å². The van der Waals surface area contributed by atoms with Crippen LogP contribution in [0, 0.1) is 0 Å². The monoisotopic (exact) mass is 297 g/mol. The molecule has 112 valence electrons. The molecular weight excluding hydrogens is 282 g/mol. The number of methoxy groups -OCH3 is 1. The molecule has 0 spiro atoms. The summed E-state index contributed by atoms with van der Waals surface area (Å²) >= 11 is 0. The Hall–Kier alpha value is -2.79. The maximum absolute atomic E-state index is 12.4. The zero-order valence-electron chi connectivity index (χ0n) is 12.0. The molecular formula is C17H15NO4. The van der Waals surface area contributed by atoms with Crippen LogP contribution in [0.3, 0.4) is 0 Å². The Morgan fingerprint density at radius 2 is 2.00 bits per heavy atom. The van der Waals surface area contributed by atoms with Gasteiger partial charge in [-0.15, -0.1) is 0 Å². The fourth-order valence-electron chi connectivity index (χ4n) is 2.30. The van der Waals surface area contributed by atoms with Crippen LogP contribution in [-0.2, 0) is 6.61 Å². The van der Waals surface area contributed by atoms with Gasteiger partial charge in [0.1, 0.15) is 11.3 Å². The number of carbonyl (C=O) groups excluding carboxylic acids is 1. The maximum Gasteiger partial charge on any atom is 0.291 e. The minimum atomic E-state index is -0.398. The highest BCUT2D eigenvalue weighted by Crippen LogP contribution is 2.30. The maximum atomic E-state index is 12.4. The van der Waals surface area contributed by atoms with Crippen LogP contribution in [0.2, 0.25) is 0 Å². The van der Waals surface area contributed by atoms with E-state index in [-0.39, 0.29) is 12.4 Å². The second kappa shape index (κ2) is 5.91. The molecule has 2 aromatic carbocycles. The lowest BCUT2D eigenvalue weighted by Gasteiger charge is -2.03. The number of fused-ring (bicyclic) bond motifs is 1. The van der Waals surface area contributed by atoms with E-state index in [0.29, 0.717) is 28.0 Å². The van der Waals surface area contributed by atoms with E-state index in [9.17, 15) is 9.90 Å². The summed E-state index contributed by atoms with van der Waals surface area (Å²) in [5.74, 6) is 0.345. The molecule has 3 aromatic rings. The van der Waals surface area contributed by atoms with Crippen LogP contribution in [0.1, 0.15) is 16.1 Å². The lowest BCUT2D eigenvalue weighted by Crippen LogP contribution is -2.12. The van der Waals surface area contributed by atoms with Gasteiger partial charge in [-0.2, -0.15) is 0 Å². The number of amides is 1. The zero-order valence-corrected chi connectivity index (χ0v) is 12.0. The molecule has 0 saturated heterocycles. The van der Waals surface area contributed by atoms with Gasteiger partial charge in [0.15, 0.2) is 5.76 Å². The third-order valence-corrected chi connectivity index (χ3v) is 3.39. The first kappa shape index (κ1) is 14.2. The van der Waals surface area contributed by atoms with Gasteiger partial charge in [-0.25, -0.2) is 0 Å². The second-order valence-corrected chi connectivity index (χ2v) is 4.75. The first-order valence-electron chi connectivity index (χ1n) is 6.79. The lowest BCUT2D eigenvalue weighted by molar-refractivity contribution is 0.0994. The fraction of sp³-hybridized carbons (Fsp3) is 0.118. The van der Waals surface area contributed by atoms with Gasteiger partial charge < -0.3 is 19.6 Å². The number of aliphatic hydroxyl groups is 1. The molecule has 3 rings (SSSR count). The molecule has 0 aliphatic rings. The van der Waals surface area contributed by atoms with Crippen LogP contribution in [0.15, 0.2) is 52.9 Å². The van der Waals surface area contributed by atoms with Crippen molar-refractivity contribution in [2.24, 2.45) is 0 Å². The molecule has 22 heavy (non-hydrogen) atoms. The van der Waals surface area contributed by atoms with Crippen molar-refractivity contribution in [3.05, 3.63) is 59.9 Å². The number of ether oxygens (including phenoxy) is 1. The molecule has 0 atom stereocenters. The van der Waals surface area contributed by atoms with E-state index in [1.54, 1.807) is 37.4 Å². The van der Waals surface area contributed by atoms with E-state index >= 15 is 0 Å². The van der Waals surface area contributed by atoms with Crippen molar-refractivity contribution in [2.75, 3.05) is 12.4 Å². The minimum Gasteiger partial charge on any atom is -0.497 e. The van der Waals surface area contributed by atoms with Crippen molar-refractivity contribution in [1.82, 2.24) is 0 Å². The number of nitrogens with one attached hydrogen (secondary N) is 1. The highest BCUT2D eigenvalue weighted by Gasteiger charge is 2.20. The molecule has 2 N–H and O–H groups in total. The Balaban J connectivity index is 2.01. The van der Waals surface area contributed by atoms with Crippen molar-refractivity contribution < 1.29 is 19.1 Å². The normalized spacial score (nSPS) is 10.6. The van der Waals surface area contributed by atoms with Gasteiger partial charge in [-0.3, -0.25) is 4.79 Å². The summed E-state index contributed by atoms with van der Waals surface area (Å²) in [7, 11) is 1.56. The van der Waals surface area contributed by atoms with Gasteiger partial charge in [0.05, 0.1) is 13.7 Å². The van der Waals surface area contributed by atoms with Crippen molar-refractivity contribution in [1.29, 1.82) is 0 Å². The molecule has 0 unspecified atom stereocenters. The summed E-state index contributed by atoms with van der Waals surface area (Å²) in [6, 6.07) is 14.3. The Bertz CT molecular complexity index is 808. The molecule has 0 bridgehead atoms. The summed E-state index contributed by atoms with van der Waals surface area (Å²) in [5, 5.41) is 13.0. The number of rotatable bonds is 4. The number of anilines is 1. The predicted molar refractivity (Wildman–Crippen MR) is 83.1 cm³/mol. The Morgan fingerprint density at radius 1 is 1.23 bits per heavy atom. The highest BCUT2D eigenvalue weighted by atomic mass is 16.5. The van der Waals surface area contributed by atoms with Gasteiger partial charge in [0.25, 0.3) is 5.91 Å². The molecule has 5 nitrogen and oxygen atoms in total. The SMILES string of the molecule is COc1ccc2oc(C(=O)Nc3ccccc3)c(CO)c2c1. The van der Waals surface area contributed by atoms with Gasteiger partial charge >= 0.3 is 0 Å². The second-order valence-electron chi connectivity index (χ2n) is 4.75. The molecule has 1 aromatic heterocycles. The zero-order chi connectivity index (χ0) is 15.5. The van der Waals surface area contributed by atoms with Crippen LogP contribution in [0.25, 0.3) is 11.0 Å². The molecule has 1 heterocycles. The van der Waals surface area contributed by atoms with Crippen molar-refractivity contribution >= 4 is 22.6 Å². The van der Waals surface area contributed by atoms with Gasteiger partial charge in [0, 0.05) is 16.6 Å². The largest absolute Gasteiger partial charge is 0.497 e. The van der Waals surface area contributed by atoms with Crippen LogP contribution in [0.4, 0.5) is 5.69 Å². The number of hydrogen-bond donors (Lipinski definition) is 2. The summed E-state index contributed by atoms with van der Waals surface area (Å²) < 4.78 is 10.8. The molecule has 0 radical (unpaired) electrons. The van der Waals surface area contributed by atoms with Crippen molar-refractivity contribution in [3.63, 3.8) is 0 Å². The summed E-state index contributed by atoms with van der Waals surface area (Å²) in [6.07, 6.45) is 0. The number of para-hydroxylation sites is 1. The third kappa shape index (κ3) is 2.54. The van der Waals surface area contributed by atoms with E-state index in [2.05, 4.69) is 5.32 Å². The highest BCUT2D eigenvalue weighted by molar-refractivity contribution is 6.06. The number of furan rings is 1. The van der Waals surface area contributed by atoms with E-state index in [1.807, 2.05) is 18.2 Å². The van der Waals surface area contributed by atoms with Crippen molar-refractivity contribution in [3.8, 4) is 5.75 Å². The van der Waals surface area contributed by atoms with Crippen LogP contribution in [0.5, 0.6) is 5.75 Å². The topological polar surface area (TPSA) is 71.7 Å². The molecule has 0 aliphatic heterocycles. The molecule has 1 amide bonds. The van der Waals surface area contributed by atoms with E-state index in [4.69, 9.17) is 9.15 Å². The third-order valence-electron chi connectivity index (χ3n) is 3.39. The average molecular weight is 297 g/mol. The molecule has 0 aliphatic carbocycles. The fourth-order valence-corrected chi connectivity index (χ4v) is 2.30. The summed E-state index contributed by atoms with van der Waals surface area (Å²) in [4.78, 5) is 12.4. The van der Waals surface area contributed by atoms with Crippen LogP contribution >= 0.6 is 0 Å². The number of hydrogen-bond acceptors (Lipinski definition) is 4. The summed E-state index contributed by atoms with van der Waals surface area (Å²) in [6.45, 7) is -0.294. The molecule has 0 saturated carbocycles. The van der Waals surface area contributed by atoms with E-state index in [0.717, 1.165) is 0 Å². The smallest absolute Gasteiger partial charge is 0.291 e. The number of carbonyl (C=O) groups is 1. The quantitative estimate of drug-likeness (QED) is 0.776. The van der Waals surface area contributed by atoms with E-state index in [1.165, 1.54) is 0 Å². The Kier molecular flexibility index (Phi) is 3.80. The summed E-state index contributed by atoms with van der Waals surface area (Å²) in [5.41, 5.74) is 1.64. The van der Waals surface area contributed by atoms with E-state index < -0.39 is 5.91 Å². The first-order valence-corrected chi connectivity index (χ1v) is 6.79. The van der Waals surface area contributed by atoms with Gasteiger partial charge in [-0.05, 0) is 30.3 Å². The Morgan fingerprint density at radius 3 is 2.68 bits per heavy atom. The minimum absolute atomic E-state index is 0.106. The molecule has 0 fully saturated rings. The standard InChI is InChI=1S/C17H15NO4/c1-21-12-7-8-15-13(9-12)14(10-19)16(22-15)17(20)18-11-5-3-2-4-6-11/h2-9,19H,10H2,1H3,(H,18,20). The first-order chi connectivity index (χ1) is 10.7.